The third-order valence-corrected chi connectivity index (χ3v) is 8.06. The van der Waals surface area contributed by atoms with Crippen molar-refractivity contribution in [3.63, 3.8) is 0 Å². The van der Waals surface area contributed by atoms with Gasteiger partial charge in [0.05, 0.1) is 38.8 Å². The van der Waals surface area contributed by atoms with Crippen molar-refractivity contribution in [2.45, 2.75) is 0 Å². The molecule has 0 fully saturated rings. The molecule has 0 aliphatic heterocycles. The van der Waals surface area contributed by atoms with Gasteiger partial charge in [-0.25, -0.2) is 0 Å². The molecule has 0 saturated carbocycles. The van der Waals surface area contributed by atoms with E-state index in [-0.39, 0.29) is 0 Å². The third-order valence-electron chi connectivity index (χ3n) is 8.06. The first-order valence-electron chi connectivity index (χ1n) is 13.4. The average molecular weight is 512 g/mol. The highest BCUT2D eigenvalue weighted by Crippen LogP contribution is 2.45. The molecule has 5 nitrogen and oxygen atoms in total. The van der Waals surface area contributed by atoms with E-state index < -0.39 is 0 Å². The Labute approximate surface area is 228 Å². The largest absolute Gasteiger partial charge is 0.307 e. The molecule has 5 aromatic carbocycles. The molecule has 0 unspecified atom stereocenters. The predicted molar refractivity (Wildman–Crippen MR) is 164 cm³/mol. The van der Waals surface area contributed by atoms with E-state index in [1.54, 1.807) is 12.4 Å². The van der Waals surface area contributed by atoms with Gasteiger partial charge < -0.3 is 9.13 Å². The standard InChI is InChI=1S/C35H21N5/c1-2-10-23(11-3-1)39-28-14-6-4-12-25(28)30-32-33(38-20-19-37-32)31-26-13-5-7-15-29(26)40(35(31)34(30)39)27-16-8-9-22-21-36-18-17-24(22)27/h1-21H. The minimum Gasteiger partial charge on any atom is -0.307 e. The summed E-state index contributed by atoms with van der Waals surface area (Å²) in [4.78, 5) is 14.3. The zero-order valence-electron chi connectivity index (χ0n) is 21.4. The molecule has 186 valence electrons. The number of benzene rings is 5. The monoisotopic (exact) mass is 511 g/mol. The summed E-state index contributed by atoms with van der Waals surface area (Å²) in [7, 11) is 0. The highest BCUT2D eigenvalue weighted by atomic mass is 15.1. The second kappa shape index (κ2) is 7.98. The molecule has 9 aromatic rings. The Morgan fingerprint density at radius 1 is 0.475 bits per heavy atom. The van der Waals surface area contributed by atoms with Gasteiger partial charge in [-0.3, -0.25) is 15.0 Å². The van der Waals surface area contributed by atoms with Crippen molar-refractivity contribution in [3.8, 4) is 11.4 Å². The Balaban J connectivity index is 1.67. The first-order valence-corrected chi connectivity index (χ1v) is 13.4. The lowest BCUT2D eigenvalue weighted by Crippen LogP contribution is -2.00. The minimum atomic E-state index is 0.915. The number of rotatable bonds is 2. The van der Waals surface area contributed by atoms with Crippen molar-refractivity contribution in [1.29, 1.82) is 0 Å². The molecule has 0 amide bonds. The Hall–Kier alpha value is -5.55. The van der Waals surface area contributed by atoms with Crippen LogP contribution in [0, 0.1) is 0 Å². The van der Waals surface area contributed by atoms with E-state index in [1.165, 1.54) is 0 Å². The average Bonchev–Trinajstić information content (AvgIpc) is 3.55. The number of hydrogen-bond donors (Lipinski definition) is 0. The summed E-state index contributed by atoms with van der Waals surface area (Å²) in [6, 6.07) is 36.4. The van der Waals surface area contributed by atoms with Crippen molar-refractivity contribution in [2.24, 2.45) is 0 Å². The second-order valence-electron chi connectivity index (χ2n) is 10.1. The van der Waals surface area contributed by atoms with Crippen LogP contribution in [0.1, 0.15) is 0 Å². The molecule has 9 rings (SSSR count). The lowest BCUT2D eigenvalue weighted by Gasteiger charge is -2.14. The van der Waals surface area contributed by atoms with E-state index in [1.807, 2.05) is 12.4 Å². The molecule has 4 aromatic heterocycles. The maximum Gasteiger partial charge on any atom is 0.0994 e. The quantitative estimate of drug-likeness (QED) is 0.234. The highest BCUT2D eigenvalue weighted by molar-refractivity contribution is 6.35. The van der Waals surface area contributed by atoms with Crippen molar-refractivity contribution >= 4 is 65.4 Å². The molecule has 0 spiro atoms. The van der Waals surface area contributed by atoms with E-state index >= 15 is 0 Å². The van der Waals surface area contributed by atoms with E-state index in [2.05, 4.69) is 117 Å². The van der Waals surface area contributed by atoms with E-state index in [0.29, 0.717) is 0 Å². The van der Waals surface area contributed by atoms with Crippen molar-refractivity contribution < 1.29 is 0 Å². The summed E-state index contributed by atoms with van der Waals surface area (Å²) < 4.78 is 4.81. The number of fused-ring (bicyclic) bond motifs is 11. The minimum absolute atomic E-state index is 0.915. The first-order chi connectivity index (χ1) is 19.9. The van der Waals surface area contributed by atoms with Crippen molar-refractivity contribution in [2.75, 3.05) is 0 Å². The van der Waals surface area contributed by atoms with Gasteiger partial charge in [0.25, 0.3) is 0 Å². The summed E-state index contributed by atoms with van der Waals surface area (Å²) in [6.07, 6.45) is 7.42. The van der Waals surface area contributed by atoms with Crippen LogP contribution in [0.25, 0.3) is 76.8 Å². The third kappa shape index (κ3) is 2.73. The molecule has 0 aliphatic carbocycles. The molecule has 0 bridgehead atoms. The van der Waals surface area contributed by atoms with Crippen LogP contribution in [0.2, 0.25) is 0 Å². The molecule has 0 aliphatic rings. The first kappa shape index (κ1) is 21.4. The number of para-hydroxylation sites is 3. The fourth-order valence-electron chi connectivity index (χ4n) is 6.51. The van der Waals surface area contributed by atoms with Crippen LogP contribution in [-0.4, -0.2) is 24.1 Å². The smallest absolute Gasteiger partial charge is 0.0994 e. The number of nitrogens with zero attached hydrogens (tertiary/aromatic N) is 5. The zero-order chi connectivity index (χ0) is 26.2. The van der Waals surface area contributed by atoms with E-state index in [0.717, 1.165) is 76.8 Å². The van der Waals surface area contributed by atoms with Gasteiger partial charge in [-0.15, -0.1) is 0 Å². The molecule has 40 heavy (non-hydrogen) atoms. The van der Waals surface area contributed by atoms with Gasteiger partial charge in [0, 0.05) is 62.8 Å². The van der Waals surface area contributed by atoms with Crippen LogP contribution in [0.5, 0.6) is 0 Å². The maximum absolute atomic E-state index is 4.97. The molecule has 0 N–H and O–H groups in total. The molecule has 0 atom stereocenters. The maximum atomic E-state index is 4.97. The summed E-state index contributed by atoms with van der Waals surface area (Å²) in [5.74, 6) is 0. The Bertz CT molecular complexity index is 2430. The molecule has 5 heteroatoms. The Morgan fingerprint density at radius 2 is 1.10 bits per heavy atom. The highest BCUT2D eigenvalue weighted by Gasteiger charge is 2.25. The summed E-state index contributed by atoms with van der Waals surface area (Å²) >= 11 is 0. The summed E-state index contributed by atoms with van der Waals surface area (Å²) in [5.41, 5.74) is 8.57. The number of pyridine rings is 1. The summed E-state index contributed by atoms with van der Waals surface area (Å²) in [6.45, 7) is 0. The molecule has 4 heterocycles. The lowest BCUT2D eigenvalue weighted by atomic mass is 10.1. The normalized spacial score (nSPS) is 12.0. The molecule has 0 saturated heterocycles. The van der Waals surface area contributed by atoms with Gasteiger partial charge in [-0.1, -0.05) is 66.7 Å². The number of hydrogen-bond acceptors (Lipinski definition) is 3. The van der Waals surface area contributed by atoms with E-state index in [9.17, 15) is 0 Å². The fraction of sp³-hybridized carbons (Fsp3) is 0. The SMILES string of the molecule is c1ccc(-n2c3ccccc3c3c4nccnc4c4c5ccccc5n(-c5cccc6cnccc56)c4c32)cc1. The predicted octanol–water partition coefficient (Wildman–Crippen LogP) is 8.37. The lowest BCUT2D eigenvalue weighted by molar-refractivity contribution is 1.15. The second-order valence-corrected chi connectivity index (χ2v) is 10.1. The van der Waals surface area contributed by atoms with Gasteiger partial charge in [0.1, 0.15) is 0 Å². The van der Waals surface area contributed by atoms with Crippen LogP contribution >= 0.6 is 0 Å². The van der Waals surface area contributed by atoms with Gasteiger partial charge in [0.15, 0.2) is 0 Å². The van der Waals surface area contributed by atoms with Crippen LogP contribution < -0.4 is 0 Å². The molecular formula is C35H21N5. The Morgan fingerprint density at radius 3 is 1.82 bits per heavy atom. The number of aromatic nitrogens is 5. The molecule has 0 radical (unpaired) electrons. The zero-order valence-corrected chi connectivity index (χ0v) is 21.4. The molecular weight excluding hydrogens is 490 g/mol. The van der Waals surface area contributed by atoms with E-state index in [4.69, 9.17) is 9.97 Å². The van der Waals surface area contributed by atoms with Crippen LogP contribution in [-0.2, 0) is 0 Å². The Kier molecular flexibility index (Phi) is 4.27. The van der Waals surface area contributed by atoms with Gasteiger partial charge in [-0.05, 0) is 36.4 Å². The van der Waals surface area contributed by atoms with Crippen LogP contribution in [0.15, 0.2) is 128 Å². The van der Waals surface area contributed by atoms with Crippen LogP contribution in [0.3, 0.4) is 0 Å². The summed E-state index contributed by atoms with van der Waals surface area (Å²) in [5, 5.41) is 6.79. The van der Waals surface area contributed by atoms with Gasteiger partial charge in [-0.2, -0.15) is 0 Å². The topological polar surface area (TPSA) is 48.5 Å². The fourth-order valence-corrected chi connectivity index (χ4v) is 6.51. The van der Waals surface area contributed by atoms with Crippen molar-refractivity contribution in [1.82, 2.24) is 24.1 Å². The van der Waals surface area contributed by atoms with Gasteiger partial charge in [0.2, 0.25) is 0 Å². The van der Waals surface area contributed by atoms with Gasteiger partial charge >= 0.3 is 0 Å². The van der Waals surface area contributed by atoms with Crippen LogP contribution in [0.4, 0.5) is 0 Å². The van der Waals surface area contributed by atoms with Crippen molar-refractivity contribution in [3.05, 3.63) is 128 Å².